The second kappa shape index (κ2) is 17.5. The van der Waals surface area contributed by atoms with E-state index in [9.17, 15) is 9.18 Å². The third-order valence-corrected chi connectivity index (χ3v) is 6.71. The van der Waals surface area contributed by atoms with Crippen LogP contribution in [0.25, 0.3) is 11.4 Å². The molecule has 0 radical (unpaired) electrons. The molecule has 0 atom stereocenters. The van der Waals surface area contributed by atoms with E-state index in [0.717, 1.165) is 38.2 Å². The fraction of sp³-hybridized carbons (Fsp3) is 0.594. The van der Waals surface area contributed by atoms with Crippen LogP contribution in [-0.4, -0.2) is 43.3 Å². The molecule has 2 aromatic rings. The Balaban J connectivity index is 0.00000103. The molecule has 1 aliphatic rings. The summed E-state index contributed by atoms with van der Waals surface area (Å²) in [4.78, 5) is 12.7. The van der Waals surface area contributed by atoms with E-state index >= 15 is 0 Å². The quantitative estimate of drug-likeness (QED) is 0.120. The number of carbonyl (C=O) groups excluding carboxylic acids is 1. The van der Waals surface area contributed by atoms with Crippen molar-refractivity contribution in [3.05, 3.63) is 59.9 Å². The van der Waals surface area contributed by atoms with Crippen molar-refractivity contribution >= 4 is 17.5 Å². The molecule has 0 spiro atoms. The fourth-order valence-corrected chi connectivity index (χ4v) is 4.41. The summed E-state index contributed by atoms with van der Waals surface area (Å²) in [6.07, 6.45) is 9.71. The van der Waals surface area contributed by atoms with Gasteiger partial charge in [0.2, 0.25) is 5.91 Å². The molecule has 3 heterocycles. The maximum Gasteiger partial charge on any atom is 0.345 e. The van der Waals surface area contributed by atoms with Gasteiger partial charge < -0.3 is 15.8 Å². The van der Waals surface area contributed by atoms with Gasteiger partial charge in [-0.1, -0.05) is 19.4 Å². The van der Waals surface area contributed by atoms with Crippen molar-refractivity contribution in [2.24, 2.45) is 5.73 Å². The number of halogens is 2. The highest BCUT2D eigenvalue weighted by molar-refractivity contribution is 6.17. The summed E-state index contributed by atoms with van der Waals surface area (Å²) < 4.78 is 21.7. The van der Waals surface area contributed by atoms with Crippen molar-refractivity contribution < 1.29 is 23.1 Å². The third-order valence-electron chi connectivity index (χ3n) is 6.44. The number of alkyl halides is 2. The molecule has 40 heavy (non-hydrogen) atoms. The van der Waals surface area contributed by atoms with Gasteiger partial charge in [-0.2, -0.15) is 0 Å². The van der Waals surface area contributed by atoms with Gasteiger partial charge in [0.05, 0.1) is 17.7 Å². The lowest BCUT2D eigenvalue weighted by molar-refractivity contribution is -0.877. The number of nitrogens with zero attached hydrogens (tertiary/aromatic N) is 2. The van der Waals surface area contributed by atoms with Crippen molar-refractivity contribution in [2.75, 3.05) is 26.2 Å². The molecular weight excluding hydrogens is 527 g/mol. The summed E-state index contributed by atoms with van der Waals surface area (Å²) in [5.74, 6) is 0.776. The standard InChI is InChI=1S/C27H39ClN3O2.C4H7F.CH5N/c1-21-11-15-30-20-31-16-12-22(18-24(31)23(30)17-21)9-10-25(32)29-26(2,3)19-33-27(4,5)13-7-6-8-14-28;1-4(2)3-5;1-2/h11-12,15-18H,6-10,13-14,19-20H2,1-5H3;1,3H2,2H3;2H2,1H3/q+1;;/p+1. The Morgan fingerprint density at radius 3 is 2.30 bits per heavy atom. The van der Waals surface area contributed by atoms with Crippen LogP contribution in [0.2, 0.25) is 0 Å². The summed E-state index contributed by atoms with van der Waals surface area (Å²) in [6.45, 7) is 16.3. The first kappa shape index (κ1) is 35.7. The summed E-state index contributed by atoms with van der Waals surface area (Å²) >= 11 is 5.76. The minimum atomic E-state index is -0.411. The molecule has 8 heteroatoms. The van der Waals surface area contributed by atoms with Gasteiger partial charge in [0, 0.05) is 36.6 Å². The van der Waals surface area contributed by atoms with E-state index in [2.05, 4.69) is 84.2 Å². The van der Waals surface area contributed by atoms with Crippen molar-refractivity contribution in [3.8, 4) is 11.4 Å². The Bertz CT molecular complexity index is 1090. The number of hydrogen-bond acceptors (Lipinski definition) is 3. The average Bonchev–Trinajstić information content (AvgIpc) is 3.27. The van der Waals surface area contributed by atoms with E-state index in [-0.39, 0.29) is 18.2 Å². The molecule has 0 unspecified atom stereocenters. The monoisotopic (exact) mass is 578 g/mol. The van der Waals surface area contributed by atoms with Gasteiger partial charge in [-0.05, 0) is 84.6 Å². The van der Waals surface area contributed by atoms with Crippen LogP contribution in [0, 0.1) is 6.92 Å². The van der Waals surface area contributed by atoms with Crippen molar-refractivity contribution in [1.29, 1.82) is 0 Å². The van der Waals surface area contributed by atoms with E-state index in [1.165, 1.54) is 29.6 Å². The number of aryl methyl sites for hydroxylation is 2. The zero-order chi connectivity index (χ0) is 30.3. The number of nitrogens with two attached hydrogens (primary N) is 1. The van der Waals surface area contributed by atoms with E-state index in [0.29, 0.717) is 25.0 Å². The van der Waals surface area contributed by atoms with Gasteiger partial charge in [0.25, 0.3) is 11.4 Å². The number of rotatable bonds is 13. The van der Waals surface area contributed by atoms with E-state index in [1.54, 1.807) is 6.92 Å². The number of fused-ring (bicyclic) bond motifs is 3. The van der Waals surface area contributed by atoms with Gasteiger partial charge in [-0.25, -0.2) is 4.39 Å². The number of amides is 1. The third kappa shape index (κ3) is 12.9. The maximum atomic E-state index is 12.7. The van der Waals surface area contributed by atoms with Crippen molar-refractivity contribution in [3.63, 3.8) is 0 Å². The normalized spacial score (nSPS) is 11.8. The number of allylic oxidation sites excluding steroid dienone is 1. The number of pyridine rings is 2. The second-order valence-electron chi connectivity index (χ2n) is 11.7. The van der Waals surface area contributed by atoms with Gasteiger partial charge >= 0.3 is 6.67 Å². The molecule has 0 fully saturated rings. The lowest BCUT2D eigenvalue weighted by atomic mass is 9.99. The highest BCUT2D eigenvalue weighted by Crippen LogP contribution is 2.21. The summed E-state index contributed by atoms with van der Waals surface area (Å²) in [6, 6.07) is 8.69. The number of unbranched alkanes of at least 4 members (excludes halogenated alkanes) is 2. The molecule has 0 saturated carbocycles. The van der Waals surface area contributed by atoms with Crippen LogP contribution in [0.1, 0.15) is 77.8 Å². The summed E-state index contributed by atoms with van der Waals surface area (Å²) in [5, 5.41) is 3.16. The van der Waals surface area contributed by atoms with Crippen LogP contribution < -0.4 is 20.2 Å². The number of aromatic nitrogens is 2. The lowest BCUT2D eigenvalue weighted by Crippen LogP contribution is -2.48. The molecule has 2 aromatic heterocycles. The topological polar surface area (TPSA) is 72.1 Å². The smallest absolute Gasteiger partial charge is 0.345 e. The Hall–Kier alpha value is -2.35. The van der Waals surface area contributed by atoms with Crippen LogP contribution in [0.3, 0.4) is 0 Å². The second-order valence-corrected chi connectivity index (χ2v) is 12.0. The maximum absolute atomic E-state index is 12.7. The Morgan fingerprint density at radius 2 is 1.70 bits per heavy atom. The van der Waals surface area contributed by atoms with Crippen molar-refractivity contribution in [2.45, 2.75) is 97.9 Å². The van der Waals surface area contributed by atoms with E-state index in [1.807, 2.05) is 13.8 Å². The first-order valence-corrected chi connectivity index (χ1v) is 14.7. The number of nitrogens with one attached hydrogen (secondary N) is 1. The SMILES string of the molecule is C=C(C)CF.CN.Cc1cc[n+]2c(c1)-c1cc(CCC(=O)NC(C)(C)COC(C)(C)CCCCCCl)cc[n+]1C2. The van der Waals surface area contributed by atoms with Crippen LogP contribution in [0.4, 0.5) is 4.39 Å². The van der Waals surface area contributed by atoms with Gasteiger partial charge in [-0.15, -0.1) is 20.7 Å². The Labute approximate surface area is 246 Å². The number of carbonyl (C=O) groups is 1. The molecule has 3 rings (SSSR count). The zero-order valence-electron chi connectivity index (χ0n) is 25.8. The number of hydrogen-bond donors (Lipinski definition) is 2. The van der Waals surface area contributed by atoms with Gasteiger partial charge in [0.15, 0.2) is 12.4 Å². The minimum absolute atomic E-state index is 0.0577. The van der Waals surface area contributed by atoms with Crippen LogP contribution in [0.15, 0.2) is 48.8 Å². The highest BCUT2D eigenvalue weighted by atomic mass is 35.5. The highest BCUT2D eigenvalue weighted by Gasteiger charge is 2.33. The van der Waals surface area contributed by atoms with Crippen molar-refractivity contribution in [1.82, 2.24) is 5.32 Å². The van der Waals surface area contributed by atoms with Gasteiger partial charge in [-0.3, -0.25) is 4.79 Å². The van der Waals surface area contributed by atoms with Crippen LogP contribution in [0.5, 0.6) is 0 Å². The predicted octanol–water partition coefficient (Wildman–Crippen LogP) is 5.58. The molecule has 0 bridgehead atoms. The molecule has 1 aliphatic heterocycles. The van der Waals surface area contributed by atoms with Gasteiger partial charge in [0.1, 0.15) is 6.67 Å². The molecular formula is C32H52ClFN4O2+2. The lowest BCUT2D eigenvalue weighted by Gasteiger charge is -2.32. The molecule has 3 N–H and O–H groups in total. The molecule has 6 nitrogen and oxygen atoms in total. The number of ether oxygens (including phenoxy) is 1. The van der Waals surface area contributed by atoms with Crippen LogP contribution in [-0.2, 0) is 22.6 Å². The zero-order valence-corrected chi connectivity index (χ0v) is 26.5. The summed E-state index contributed by atoms with van der Waals surface area (Å²) in [7, 11) is 1.50. The van der Waals surface area contributed by atoms with E-state index in [4.69, 9.17) is 16.3 Å². The molecule has 0 aliphatic carbocycles. The Morgan fingerprint density at radius 1 is 1.10 bits per heavy atom. The molecule has 1 amide bonds. The average molecular weight is 579 g/mol. The van der Waals surface area contributed by atoms with E-state index < -0.39 is 5.54 Å². The predicted molar refractivity (Wildman–Crippen MR) is 163 cm³/mol. The molecule has 0 aromatic carbocycles. The Kier molecular flexibility index (Phi) is 15.6. The fourth-order valence-electron chi connectivity index (χ4n) is 4.22. The molecule has 224 valence electrons. The van der Waals surface area contributed by atoms with Crippen LogP contribution >= 0.6 is 11.6 Å². The minimum Gasteiger partial charge on any atom is -0.373 e. The largest absolute Gasteiger partial charge is 0.373 e. The molecule has 0 saturated heterocycles. The summed E-state index contributed by atoms with van der Waals surface area (Å²) in [5.41, 5.74) is 9.34. The first-order chi connectivity index (χ1) is 18.9. The first-order valence-electron chi connectivity index (χ1n) is 14.2.